The highest BCUT2D eigenvalue weighted by Crippen LogP contribution is 2.28. The Morgan fingerprint density at radius 1 is 1.33 bits per heavy atom. The van der Waals surface area contributed by atoms with E-state index in [9.17, 15) is 4.57 Å². The standard InChI is InChI=1S/C10H14OP/c1-3-9(2)12(11)10-7-5-4-6-8-10/h4-9H,3H2,1-2H3. The van der Waals surface area contributed by atoms with Crippen LogP contribution < -0.4 is 5.30 Å². The molecule has 0 aromatic heterocycles. The molecule has 1 aromatic carbocycles. The van der Waals surface area contributed by atoms with Crippen LogP contribution in [0.4, 0.5) is 0 Å². The summed E-state index contributed by atoms with van der Waals surface area (Å²) in [5, 5.41) is 0.974. The molecule has 0 spiro atoms. The Morgan fingerprint density at radius 3 is 2.42 bits per heavy atom. The van der Waals surface area contributed by atoms with Gasteiger partial charge >= 0.3 is 0 Å². The van der Waals surface area contributed by atoms with Gasteiger partial charge in [-0.15, -0.1) is 0 Å². The Labute approximate surface area is 74.6 Å². The van der Waals surface area contributed by atoms with Crippen molar-refractivity contribution in [2.45, 2.75) is 25.9 Å². The summed E-state index contributed by atoms with van der Waals surface area (Å²) in [5.41, 5.74) is 0.294. The molecule has 0 N–H and O–H groups in total. The molecule has 0 saturated heterocycles. The first-order valence-electron chi connectivity index (χ1n) is 4.27. The van der Waals surface area contributed by atoms with Crippen LogP contribution in [0.15, 0.2) is 30.3 Å². The van der Waals surface area contributed by atoms with Gasteiger partial charge in [-0.2, -0.15) is 0 Å². The highest BCUT2D eigenvalue weighted by atomic mass is 31.1. The Balaban J connectivity index is 2.79. The van der Waals surface area contributed by atoms with Crippen molar-refractivity contribution in [2.24, 2.45) is 0 Å². The molecule has 2 unspecified atom stereocenters. The van der Waals surface area contributed by atoms with Gasteiger partial charge in [0.05, 0.1) is 0 Å². The van der Waals surface area contributed by atoms with Crippen molar-refractivity contribution in [2.75, 3.05) is 0 Å². The van der Waals surface area contributed by atoms with E-state index in [1.54, 1.807) is 0 Å². The second kappa shape index (κ2) is 4.37. The van der Waals surface area contributed by atoms with E-state index in [2.05, 4.69) is 6.92 Å². The molecule has 1 nitrogen and oxygen atoms in total. The number of hydrogen-bond acceptors (Lipinski definition) is 1. The summed E-state index contributed by atoms with van der Waals surface area (Å²) < 4.78 is 11.7. The van der Waals surface area contributed by atoms with Gasteiger partial charge in [0, 0.05) is 11.0 Å². The number of hydrogen-bond donors (Lipinski definition) is 0. The molecule has 0 amide bonds. The van der Waals surface area contributed by atoms with Gasteiger partial charge in [-0.25, -0.2) is 0 Å². The minimum absolute atomic E-state index is 0.294. The van der Waals surface area contributed by atoms with Crippen LogP contribution in [-0.4, -0.2) is 5.66 Å². The smallest absolute Gasteiger partial charge is 0.107 e. The first-order chi connectivity index (χ1) is 5.75. The van der Waals surface area contributed by atoms with E-state index in [-0.39, 0.29) is 0 Å². The van der Waals surface area contributed by atoms with Crippen LogP contribution in [-0.2, 0) is 4.57 Å². The molecule has 0 heterocycles. The molecule has 0 fully saturated rings. The lowest BCUT2D eigenvalue weighted by Crippen LogP contribution is -2.03. The molecule has 1 rings (SSSR count). The molecule has 0 aliphatic rings. The lowest BCUT2D eigenvalue weighted by Gasteiger charge is -2.06. The largest absolute Gasteiger partial charge is 0.282 e. The molecule has 0 bridgehead atoms. The fraction of sp³-hybridized carbons (Fsp3) is 0.400. The molecule has 65 valence electrons. The first-order valence-corrected chi connectivity index (χ1v) is 5.60. The van der Waals surface area contributed by atoms with E-state index in [1.807, 2.05) is 37.3 Å². The molecule has 0 aliphatic carbocycles. The van der Waals surface area contributed by atoms with E-state index < -0.39 is 7.80 Å². The van der Waals surface area contributed by atoms with Crippen LogP contribution in [0.25, 0.3) is 0 Å². The third-order valence-electron chi connectivity index (χ3n) is 2.00. The van der Waals surface area contributed by atoms with Crippen LogP contribution in [0.1, 0.15) is 20.3 Å². The van der Waals surface area contributed by atoms with Gasteiger partial charge in [0.25, 0.3) is 0 Å². The minimum Gasteiger partial charge on any atom is -0.282 e. The van der Waals surface area contributed by atoms with Crippen molar-refractivity contribution < 1.29 is 4.57 Å². The van der Waals surface area contributed by atoms with Gasteiger partial charge in [-0.05, 0) is 18.6 Å². The maximum atomic E-state index is 11.7. The van der Waals surface area contributed by atoms with Crippen molar-refractivity contribution in [3.63, 3.8) is 0 Å². The van der Waals surface area contributed by atoms with Gasteiger partial charge in [0.2, 0.25) is 0 Å². The average Bonchev–Trinajstić information content (AvgIpc) is 2.17. The topological polar surface area (TPSA) is 17.1 Å². The zero-order valence-corrected chi connectivity index (χ0v) is 8.42. The molecule has 1 radical (unpaired) electrons. The summed E-state index contributed by atoms with van der Waals surface area (Å²) in [6.07, 6.45) is 0.976. The average molecular weight is 181 g/mol. The molecular weight excluding hydrogens is 167 g/mol. The minimum atomic E-state index is -1.19. The summed E-state index contributed by atoms with van der Waals surface area (Å²) in [6.45, 7) is 4.10. The summed E-state index contributed by atoms with van der Waals surface area (Å²) in [4.78, 5) is 0. The highest BCUT2D eigenvalue weighted by Gasteiger charge is 2.10. The Bertz CT molecular complexity index is 256. The van der Waals surface area contributed by atoms with E-state index in [0.29, 0.717) is 5.66 Å². The Kier molecular flexibility index (Phi) is 3.43. The van der Waals surface area contributed by atoms with Crippen LogP contribution in [0.3, 0.4) is 0 Å². The lowest BCUT2D eigenvalue weighted by atomic mass is 10.4. The van der Waals surface area contributed by atoms with Gasteiger partial charge < -0.3 is 0 Å². The zero-order valence-electron chi connectivity index (χ0n) is 7.53. The monoisotopic (exact) mass is 181 g/mol. The zero-order chi connectivity index (χ0) is 8.97. The summed E-state index contributed by atoms with van der Waals surface area (Å²) in [5.74, 6) is 0. The van der Waals surface area contributed by atoms with E-state index in [1.165, 1.54) is 0 Å². The highest BCUT2D eigenvalue weighted by molar-refractivity contribution is 7.54. The molecule has 1 aromatic rings. The second-order valence-corrected chi connectivity index (χ2v) is 4.97. The molecule has 2 heteroatoms. The van der Waals surface area contributed by atoms with Crippen molar-refractivity contribution in [1.82, 2.24) is 0 Å². The van der Waals surface area contributed by atoms with Crippen molar-refractivity contribution in [3.8, 4) is 0 Å². The predicted octanol–water partition coefficient (Wildman–Crippen LogP) is 2.94. The fourth-order valence-corrected chi connectivity index (χ4v) is 2.30. The summed E-state index contributed by atoms with van der Waals surface area (Å²) in [6, 6.07) is 9.69. The van der Waals surface area contributed by atoms with Crippen LogP contribution in [0.5, 0.6) is 0 Å². The van der Waals surface area contributed by atoms with E-state index >= 15 is 0 Å². The number of benzene rings is 1. The normalized spacial score (nSPS) is 14.0. The van der Waals surface area contributed by atoms with Gasteiger partial charge in [-0.1, -0.05) is 32.0 Å². The Morgan fingerprint density at radius 2 is 1.92 bits per heavy atom. The third kappa shape index (κ3) is 2.15. The Hall–Kier alpha value is -0.680. The molecule has 2 atom stereocenters. The van der Waals surface area contributed by atoms with Gasteiger partial charge in [-0.3, -0.25) is 4.57 Å². The number of rotatable bonds is 3. The molecule has 0 saturated carbocycles. The first kappa shape index (κ1) is 9.41. The van der Waals surface area contributed by atoms with Gasteiger partial charge in [0.1, 0.15) is 7.80 Å². The van der Waals surface area contributed by atoms with Crippen molar-refractivity contribution >= 4 is 13.1 Å². The SMILES string of the molecule is CCC(C)[P](=O)c1ccccc1. The molecular formula is C10H14OP. The van der Waals surface area contributed by atoms with Crippen LogP contribution in [0.2, 0.25) is 0 Å². The van der Waals surface area contributed by atoms with E-state index in [0.717, 1.165) is 11.7 Å². The second-order valence-electron chi connectivity index (χ2n) is 2.92. The summed E-state index contributed by atoms with van der Waals surface area (Å²) in [7, 11) is -1.19. The van der Waals surface area contributed by atoms with Crippen molar-refractivity contribution in [1.29, 1.82) is 0 Å². The molecule has 12 heavy (non-hydrogen) atoms. The predicted molar refractivity (Wildman–Crippen MR) is 53.4 cm³/mol. The van der Waals surface area contributed by atoms with Crippen LogP contribution in [0, 0.1) is 0 Å². The van der Waals surface area contributed by atoms with Gasteiger partial charge in [0.15, 0.2) is 0 Å². The maximum Gasteiger partial charge on any atom is 0.107 e. The molecule has 0 aliphatic heterocycles. The lowest BCUT2D eigenvalue weighted by molar-refractivity contribution is 0.584. The third-order valence-corrected chi connectivity index (χ3v) is 3.97. The van der Waals surface area contributed by atoms with Crippen LogP contribution >= 0.6 is 7.80 Å². The van der Waals surface area contributed by atoms with E-state index in [4.69, 9.17) is 0 Å². The van der Waals surface area contributed by atoms with Crippen molar-refractivity contribution in [3.05, 3.63) is 30.3 Å². The maximum absolute atomic E-state index is 11.7. The summed E-state index contributed by atoms with van der Waals surface area (Å²) >= 11 is 0. The fourth-order valence-electron chi connectivity index (χ4n) is 0.995. The quantitative estimate of drug-likeness (QED) is 0.655.